The fraction of sp³-hybridized carbons (Fsp3) is 0.274. The molecule has 0 amide bonds. The van der Waals surface area contributed by atoms with Crippen molar-refractivity contribution in [3.05, 3.63) is 119 Å². The topological polar surface area (TPSA) is 332 Å². The number of aromatic carboxylic acids is 1. The maximum absolute atomic E-state index is 12.5. The Labute approximate surface area is 553 Å². The molecule has 0 saturated carbocycles. The molecule has 97 heavy (non-hydrogen) atoms. The van der Waals surface area contributed by atoms with E-state index < -0.39 is 16.8 Å². The summed E-state index contributed by atoms with van der Waals surface area (Å²) in [5, 5.41) is 14.7. The summed E-state index contributed by atoms with van der Waals surface area (Å²) in [5.74, 6) is 1.10. The Bertz CT molecular complexity index is 6100. The van der Waals surface area contributed by atoms with E-state index in [4.69, 9.17) is 79.7 Å². The molecule has 24 nitrogen and oxygen atoms in total. The van der Waals surface area contributed by atoms with Gasteiger partial charge in [0.25, 0.3) is 0 Å². The molecule has 9 aromatic heterocycles. The largest absolute Gasteiger partial charge is 0.476 e. The summed E-state index contributed by atoms with van der Waals surface area (Å²) < 4.78 is 0. The molecule has 4 aromatic carbocycles. The number of H-pyrrole nitrogens is 4. The van der Waals surface area contributed by atoms with Crippen molar-refractivity contribution in [2.75, 3.05) is 0 Å². The molecule has 0 atom stereocenters. The van der Waals surface area contributed by atoms with Crippen molar-refractivity contribution in [1.82, 2.24) is 110 Å². The van der Waals surface area contributed by atoms with Crippen molar-refractivity contribution in [3.8, 4) is 91.6 Å². The Kier molecular flexibility index (Phi) is 12.1. The molecule has 0 spiro atoms. The number of aromatic nitrogens is 22. The molecule has 16 bridgehead atoms. The molecule has 24 heteroatoms. The van der Waals surface area contributed by atoms with Gasteiger partial charge in [-0.25, -0.2) is 94.5 Å². The fourth-order valence-corrected chi connectivity index (χ4v) is 12.6. The van der Waals surface area contributed by atoms with E-state index in [1.165, 1.54) is 6.20 Å². The van der Waals surface area contributed by atoms with Gasteiger partial charge in [0, 0.05) is 77.8 Å². The lowest BCUT2D eigenvalue weighted by Gasteiger charge is -2.19. The van der Waals surface area contributed by atoms with Crippen LogP contribution in [0.3, 0.4) is 0 Å². The Morgan fingerprint density at radius 2 is 0.639 bits per heavy atom. The first-order valence-corrected chi connectivity index (χ1v) is 32.1. The zero-order valence-corrected chi connectivity index (χ0v) is 56.0. The number of hydrogen-bond donors (Lipinski definition) is 5. The van der Waals surface area contributed by atoms with Crippen molar-refractivity contribution in [1.29, 1.82) is 0 Å². The average Bonchev–Trinajstić information content (AvgIpc) is 1.58. The number of benzene rings is 4. The van der Waals surface area contributed by atoms with Gasteiger partial charge in [0.1, 0.15) is 67.7 Å². The van der Waals surface area contributed by atoms with Gasteiger partial charge in [0.2, 0.25) is 0 Å². The molecule has 4 aliphatic heterocycles. The van der Waals surface area contributed by atoms with E-state index in [-0.39, 0.29) is 67.6 Å². The van der Waals surface area contributed by atoms with Gasteiger partial charge in [-0.05, 0) is 63.3 Å². The maximum atomic E-state index is 12.5. The minimum absolute atomic E-state index is 0.105. The van der Waals surface area contributed by atoms with Crippen LogP contribution in [-0.2, 0) is 27.1 Å². The Morgan fingerprint density at radius 1 is 0.299 bits per heavy atom. The van der Waals surface area contributed by atoms with Gasteiger partial charge >= 0.3 is 5.97 Å². The summed E-state index contributed by atoms with van der Waals surface area (Å²) in [6, 6.07) is 23.3. The second kappa shape index (κ2) is 19.9. The van der Waals surface area contributed by atoms with Crippen LogP contribution in [-0.4, -0.2) is 121 Å². The van der Waals surface area contributed by atoms with Crippen molar-refractivity contribution < 1.29 is 9.90 Å². The standard InChI is InChI=1S/C73H64N22O2/c1-69(2,3)30-16-19-33-36(22-30)55-80-52(33)81-56-37-23-31(70(4,5)6)17-20-34(37)54(83-56)85-58-39-25-42-41(26-40(39)59(87-58)86-57-38-24-32(71(7,8)9)18-21-35(38)53(82-55)84-57)60-88-61(42)90-66-50-48(76-29-44(78-50)72(10,11)12)64(94-66)93-65-49-46(74-27-43(77-49)68(96)97)63(92-65)95-67-51-47(62(89-60)91-67)75-28-45(79-51)73(13,14)15/h16-29H,1-15H3,(H,96,97)(H2,80,81,82,83,84,85,86,87)(H2,88,89,90,91,92,93,94,95). The third kappa shape index (κ3) is 9.57. The van der Waals surface area contributed by atoms with E-state index in [0.717, 1.165) is 49.4 Å². The first kappa shape index (κ1) is 59.1. The second-order valence-corrected chi connectivity index (χ2v) is 30.4. The minimum Gasteiger partial charge on any atom is -0.476 e. The summed E-state index contributed by atoms with van der Waals surface area (Å²) in [7, 11) is 0. The molecule has 0 saturated heterocycles. The van der Waals surface area contributed by atoms with Crippen LogP contribution in [0.1, 0.15) is 142 Å². The summed E-state index contributed by atoms with van der Waals surface area (Å²) in [4.78, 5) is 120. The first-order chi connectivity index (χ1) is 45.9. The van der Waals surface area contributed by atoms with Gasteiger partial charge < -0.3 is 25.0 Å². The lowest BCUT2D eigenvalue weighted by atomic mass is 9.85. The normalized spacial score (nSPS) is 13.2. The Hall–Kier alpha value is -11.7. The van der Waals surface area contributed by atoms with Crippen molar-refractivity contribution in [2.45, 2.75) is 131 Å². The van der Waals surface area contributed by atoms with Crippen LogP contribution in [0.2, 0.25) is 0 Å². The number of carboxylic acid groups (broad SMARTS) is 1. The molecule has 17 rings (SSSR count). The number of rotatable bonds is 1. The van der Waals surface area contributed by atoms with E-state index in [2.05, 4.69) is 147 Å². The summed E-state index contributed by atoms with van der Waals surface area (Å²) >= 11 is 0. The van der Waals surface area contributed by atoms with Gasteiger partial charge in [0.05, 0.1) is 17.6 Å². The second-order valence-electron chi connectivity index (χ2n) is 30.4. The highest BCUT2D eigenvalue weighted by Gasteiger charge is 2.33. The van der Waals surface area contributed by atoms with Crippen LogP contribution in [0.5, 0.6) is 0 Å². The monoisotopic (exact) mass is 1280 g/mol. The number of aromatic amines is 4. The lowest BCUT2D eigenvalue weighted by Crippen LogP contribution is -2.14. The first-order valence-electron chi connectivity index (χ1n) is 32.1. The third-order valence-electron chi connectivity index (χ3n) is 18.2. The molecule has 478 valence electrons. The van der Waals surface area contributed by atoms with Crippen LogP contribution < -0.4 is 0 Å². The average molecular weight is 1280 g/mol. The van der Waals surface area contributed by atoms with Gasteiger partial charge in [-0.15, -0.1) is 0 Å². The number of nitrogens with one attached hydrogen (secondary N) is 4. The number of carbonyl (C=O) groups is 1. The van der Waals surface area contributed by atoms with Crippen molar-refractivity contribution >= 4 is 94.5 Å². The quantitative estimate of drug-likeness (QED) is 0.102. The highest BCUT2D eigenvalue weighted by Crippen LogP contribution is 2.44. The van der Waals surface area contributed by atoms with E-state index in [1.54, 1.807) is 12.4 Å². The van der Waals surface area contributed by atoms with Crippen LogP contribution in [0.15, 0.2) is 85.3 Å². The SMILES string of the molecule is CC(C)(C)c1ccc2c(c1)-c1nc-2nc2[nH]c(nc3nc(nc4[nH]c(n1)c1ccc(C(C)(C)C)cc41)-c1cc4c5nc6nc(nc7[nH]c(nc8nc(nc([nH]5)c4cc1-3)-c1nc(C(C)(C)C)cnc1-8)c1nc(C(=O)O)cnc71)-c1nc(C(C)(C)C)cnc1-6)c1ccc(C(C)(C)C)cc21. The number of hydrogen-bond acceptors (Lipinski definition) is 19. The predicted octanol–water partition coefficient (Wildman–Crippen LogP) is 14.6. The zero-order valence-electron chi connectivity index (χ0n) is 56.0. The fourth-order valence-electron chi connectivity index (χ4n) is 12.6. The highest BCUT2D eigenvalue weighted by molar-refractivity contribution is 6.11. The van der Waals surface area contributed by atoms with Crippen LogP contribution in [0, 0.1) is 0 Å². The van der Waals surface area contributed by atoms with Gasteiger partial charge in [0.15, 0.2) is 63.6 Å². The van der Waals surface area contributed by atoms with Crippen LogP contribution in [0.25, 0.3) is 180 Å². The molecule has 5 N–H and O–H groups in total. The van der Waals surface area contributed by atoms with E-state index >= 15 is 0 Å². The van der Waals surface area contributed by atoms with Gasteiger partial charge in [-0.1, -0.05) is 140 Å². The molecule has 0 aliphatic carbocycles. The number of nitrogens with zero attached hydrogens (tertiary/aromatic N) is 18. The molecule has 0 radical (unpaired) electrons. The lowest BCUT2D eigenvalue weighted by molar-refractivity contribution is 0.0690. The van der Waals surface area contributed by atoms with E-state index in [9.17, 15) is 9.90 Å². The minimum atomic E-state index is -1.28. The third-order valence-corrected chi connectivity index (χ3v) is 18.2. The number of carboxylic acids is 1. The number of fused-ring (bicyclic) bond motifs is 40. The summed E-state index contributed by atoms with van der Waals surface area (Å²) in [5.41, 5.74) is 10.8. The summed E-state index contributed by atoms with van der Waals surface area (Å²) in [6.07, 6.45) is 4.59. The maximum Gasteiger partial charge on any atom is 0.356 e. The van der Waals surface area contributed by atoms with Crippen molar-refractivity contribution in [2.24, 2.45) is 0 Å². The van der Waals surface area contributed by atoms with Crippen LogP contribution in [0.4, 0.5) is 0 Å². The molecule has 13 aromatic rings. The van der Waals surface area contributed by atoms with Gasteiger partial charge in [-0.2, -0.15) is 0 Å². The van der Waals surface area contributed by atoms with E-state index in [0.29, 0.717) is 113 Å². The van der Waals surface area contributed by atoms with Crippen LogP contribution >= 0.6 is 0 Å². The molecular formula is C73H64N22O2. The molecule has 4 aliphatic rings. The molecule has 0 fully saturated rings. The Balaban J connectivity index is 1.02. The van der Waals surface area contributed by atoms with Gasteiger partial charge in [-0.3, -0.25) is 0 Å². The van der Waals surface area contributed by atoms with E-state index in [1.807, 2.05) is 53.7 Å². The predicted molar refractivity (Wildman–Crippen MR) is 373 cm³/mol. The smallest absolute Gasteiger partial charge is 0.356 e. The summed E-state index contributed by atoms with van der Waals surface area (Å²) in [6.45, 7) is 32.0. The molecular weight excluding hydrogens is 1220 g/mol. The Morgan fingerprint density at radius 3 is 1.07 bits per heavy atom. The molecule has 13 heterocycles. The zero-order chi connectivity index (χ0) is 67.5. The van der Waals surface area contributed by atoms with Crippen molar-refractivity contribution in [3.63, 3.8) is 0 Å². The highest BCUT2D eigenvalue weighted by atomic mass is 16.4. The molecule has 0 unspecified atom stereocenters.